The summed E-state index contributed by atoms with van der Waals surface area (Å²) in [7, 11) is 0. The lowest BCUT2D eigenvalue weighted by Crippen LogP contribution is -2.15. The van der Waals surface area contributed by atoms with Crippen LogP contribution in [0.2, 0.25) is 0 Å². The normalized spacial score (nSPS) is 13.6. The Bertz CT molecular complexity index is 2450. The molecule has 0 aromatic heterocycles. The number of phenolic OH excluding ortho intramolecular Hbond substituents is 6. The van der Waals surface area contributed by atoms with Gasteiger partial charge in [0.1, 0.15) is 34.5 Å². The molecule has 0 saturated carbocycles. The third-order valence-corrected chi connectivity index (χ3v) is 15.1. The molecule has 6 aromatic carbocycles. The highest BCUT2D eigenvalue weighted by atomic mass is 35.5. The summed E-state index contributed by atoms with van der Waals surface area (Å²) in [5.41, 5.74) is 12.3. The molecular weight excluding hydrogens is 1050 g/mol. The number of hydrogen-bond acceptors (Lipinski definition) is 6. The molecule has 0 atom stereocenters. The summed E-state index contributed by atoms with van der Waals surface area (Å²) in [4.78, 5) is 0. The van der Waals surface area contributed by atoms with Crippen molar-refractivity contribution in [1.82, 2.24) is 0 Å². The standard InChI is InChI=1S/C66H84O6.2CH2Cl2/c1-61(2,3)49-25-37-19-39-27-50(62(4,5)6)29-41(56(39)68)21-43-31-52(64(10,11)12)33-45(58(43)70)23-47-35-54(66(16,17)18)36-48(60(47)72)24-46-34-53(65(13,14)15)32-44(59(46)71)22-42-30-51(63(7,8)9)28-40(57(42)69)20-38(26-49)55(37)67;2*2-1-3/h25-36,67-72H,19-24H2,1-18H3;2*1H2. The van der Waals surface area contributed by atoms with Crippen molar-refractivity contribution in [2.24, 2.45) is 0 Å². The second-order valence-corrected chi connectivity index (χ2v) is 29.2. The number of alkyl halides is 4. The van der Waals surface area contributed by atoms with Gasteiger partial charge in [-0.05, 0) is 133 Å². The van der Waals surface area contributed by atoms with Gasteiger partial charge in [-0.2, -0.15) is 0 Å². The highest BCUT2D eigenvalue weighted by Crippen LogP contribution is 2.45. The van der Waals surface area contributed by atoms with E-state index in [0.29, 0.717) is 66.8 Å². The van der Waals surface area contributed by atoms with Crippen molar-refractivity contribution in [3.8, 4) is 34.5 Å². The van der Waals surface area contributed by atoms with Crippen LogP contribution in [0.25, 0.3) is 0 Å². The van der Waals surface area contributed by atoms with Crippen LogP contribution < -0.4 is 0 Å². The molecule has 6 N–H and O–H groups in total. The number of phenols is 6. The van der Waals surface area contributed by atoms with Gasteiger partial charge in [-0.1, -0.05) is 197 Å². The smallest absolute Gasteiger partial charge is 0.122 e. The van der Waals surface area contributed by atoms with E-state index in [9.17, 15) is 30.6 Å². The van der Waals surface area contributed by atoms with E-state index in [0.717, 1.165) is 33.4 Å². The van der Waals surface area contributed by atoms with E-state index in [1.165, 1.54) is 0 Å². The second-order valence-electron chi connectivity index (χ2n) is 27.6. The van der Waals surface area contributed by atoms with Crippen LogP contribution in [0.1, 0.15) is 225 Å². The average Bonchev–Trinajstić information content (AvgIpc) is 3.29. The van der Waals surface area contributed by atoms with Crippen LogP contribution in [0.5, 0.6) is 34.5 Å². The third kappa shape index (κ3) is 15.4. The number of benzene rings is 6. The van der Waals surface area contributed by atoms with Gasteiger partial charge >= 0.3 is 0 Å². The van der Waals surface area contributed by atoms with E-state index in [2.05, 4.69) is 125 Å². The molecule has 7 rings (SSSR count). The maximum Gasteiger partial charge on any atom is 0.122 e. The molecule has 424 valence electrons. The van der Waals surface area contributed by atoms with Gasteiger partial charge in [0.2, 0.25) is 0 Å². The fourth-order valence-corrected chi connectivity index (χ4v) is 10.0. The van der Waals surface area contributed by atoms with E-state index < -0.39 is 0 Å². The van der Waals surface area contributed by atoms with Crippen LogP contribution in [-0.4, -0.2) is 41.3 Å². The molecular formula is C68H88Cl4O6. The highest BCUT2D eigenvalue weighted by Gasteiger charge is 2.29. The molecule has 0 unspecified atom stereocenters. The second kappa shape index (κ2) is 24.2. The van der Waals surface area contributed by atoms with Crippen molar-refractivity contribution in [2.45, 2.75) is 196 Å². The van der Waals surface area contributed by atoms with Crippen LogP contribution in [0.15, 0.2) is 72.8 Å². The minimum Gasteiger partial charge on any atom is -0.507 e. The summed E-state index contributed by atoms with van der Waals surface area (Å²) in [6.07, 6.45) is 1.43. The lowest BCUT2D eigenvalue weighted by molar-refractivity contribution is 0.449. The Labute approximate surface area is 487 Å². The van der Waals surface area contributed by atoms with E-state index in [-0.39, 0.29) is 116 Å². The molecule has 1 aliphatic carbocycles. The summed E-state index contributed by atoms with van der Waals surface area (Å²) >= 11 is 19.1. The molecule has 78 heavy (non-hydrogen) atoms. The van der Waals surface area contributed by atoms with Crippen molar-refractivity contribution >= 4 is 46.4 Å². The fourth-order valence-electron chi connectivity index (χ4n) is 10.0. The summed E-state index contributed by atoms with van der Waals surface area (Å²) < 4.78 is 0. The number of fused-ring (bicyclic) bond motifs is 12. The first-order valence-corrected chi connectivity index (χ1v) is 29.2. The first-order chi connectivity index (χ1) is 35.7. The van der Waals surface area contributed by atoms with Gasteiger partial charge in [0.15, 0.2) is 0 Å². The van der Waals surface area contributed by atoms with Crippen LogP contribution >= 0.6 is 46.4 Å². The highest BCUT2D eigenvalue weighted by molar-refractivity contribution is 6.41. The van der Waals surface area contributed by atoms with Gasteiger partial charge in [0, 0.05) is 38.5 Å². The van der Waals surface area contributed by atoms with Crippen molar-refractivity contribution in [3.05, 3.63) is 173 Å². The molecule has 0 amide bonds. The van der Waals surface area contributed by atoms with Crippen LogP contribution in [-0.2, 0) is 71.0 Å². The molecule has 12 bridgehead atoms. The molecule has 6 aromatic rings. The van der Waals surface area contributed by atoms with Gasteiger partial charge in [0.25, 0.3) is 0 Å². The van der Waals surface area contributed by atoms with E-state index in [1.54, 1.807) is 0 Å². The van der Waals surface area contributed by atoms with E-state index in [4.69, 9.17) is 46.4 Å². The van der Waals surface area contributed by atoms with Gasteiger partial charge in [-0.25, -0.2) is 0 Å². The Hall–Kier alpha value is -4.72. The average molecular weight is 1140 g/mol. The Morgan fingerprint density at radius 1 is 0.231 bits per heavy atom. The van der Waals surface area contributed by atoms with Crippen LogP contribution in [0.4, 0.5) is 0 Å². The van der Waals surface area contributed by atoms with Crippen LogP contribution in [0, 0.1) is 0 Å². The lowest BCUT2D eigenvalue weighted by Gasteiger charge is -2.27. The Balaban J connectivity index is 0.00000178. The zero-order valence-electron chi connectivity index (χ0n) is 49.8. The predicted molar refractivity (Wildman–Crippen MR) is 331 cm³/mol. The number of halogens is 4. The SMILES string of the molecule is CC(C)(C)c1cc2c(O)c(c1)Cc1cc(C(C)(C)C)cc(c1O)Cc1cc(C(C)(C)C)cc(c1O)Cc1cc(C(C)(C)C)cc(c1O)Cc1cc(C(C)(C)C)cc(c1O)Cc1cc(C(C)(C)C)cc(c1O)C2.ClCCl.ClCCl. The summed E-state index contributed by atoms with van der Waals surface area (Å²) in [6.45, 7) is 38.7. The van der Waals surface area contributed by atoms with Crippen LogP contribution in [0.3, 0.4) is 0 Å². The van der Waals surface area contributed by atoms with Crippen molar-refractivity contribution < 1.29 is 30.6 Å². The van der Waals surface area contributed by atoms with Crippen molar-refractivity contribution in [2.75, 3.05) is 10.7 Å². The fraction of sp³-hybridized carbons (Fsp3) is 0.471. The molecule has 1 aliphatic rings. The maximum absolute atomic E-state index is 12.5. The summed E-state index contributed by atoms with van der Waals surface area (Å²) in [5.74, 6) is 0.684. The molecule has 0 aliphatic heterocycles. The zero-order chi connectivity index (χ0) is 59.0. The molecule has 10 heteroatoms. The first-order valence-electron chi connectivity index (χ1n) is 27.1. The molecule has 0 radical (unpaired) electrons. The molecule has 0 spiro atoms. The van der Waals surface area contributed by atoms with Gasteiger partial charge in [-0.3, -0.25) is 0 Å². The number of aromatic hydroxyl groups is 6. The van der Waals surface area contributed by atoms with Gasteiger partial charge in [0.05, 0.1) is 10.7 Å². The molecule has 6 nitrogen and oxygen atoms in total. The van der Waals surface area contributed by atoms with Crippen molar-refractivity contribution in [1.29, 1.82) is 0 Å². The summed E-state index contributed by atoms with van der Waals surface area (Å²) in [5, 5.41) is 75.2. The predicted octanol–water partition coefficient (Wildman–Crippen LogP) is 18.4. The molecule has 0 saturated heterocycles. The minimum atomic E-state index is -0.299. The van der Waals surface area contributed by atoms with Gasteiger partial charge in [-0.15, -0.1) is 46.4 Å². The molecule has 0 fully saturated rings. The van der Waals surface area contributed by atoms with Crippen molar-refractivity contribution in [3.63, 3.8) is 0 Å². The van der Waals surface area contributed by atoms with Gasteiger partial charge < -0.3 is 30.6 Å². The maximum atomic E-state index is 12.5. The molecule has 0 heterocycles. The Morgan fingerprint density at radius 3 is 0.372 bits per heavy atom. The monoisotopic (exact) mass is 1140 g/mol. The first kappa shape index (κ1) is 64.1. The lowest BCUT2D eigenvalue weighted by atomic mass is 9.79. The number of hydrogen-bond donors (Lipinski definition) is 6. The third-order valence-electron chi connectivity index (χ3n) is 15.1. The summed E-state index contributed by atoms with van der Waals surface area (Å²) in [6, 6.07) is 24.6. The Morgan fingerprint density at radius 2 is 0.308 bits per heavy atom. The Kier molecular flexibility index (Phi) is 19.9. The van der Waals surface area contributed by atoms with E-state index >= 15 is 0 Å². The zero-order valence-corrected chi connectivity index (χ0v) is 52.8. The number of rotatable bonds is 0. The largest absolute Gasteiger partial charge is 0.507 e. The van der Waals surface area contributed by atoms with E-state index in [1.807, 2.05) is 72.8 Å². The quantitative estimate of drug-likeness (QED) is 0.0842. The topological polar surface area (TPSA) is 121 Å². The minimum absolute atomic E-state index is 0.114.